The summed E-state index contributed by atoms with van der Waals surface area (Å²) in [6, 6.07) is 1.78. The Bertz CT molecular complexity index is 476. The number of nitrogens with zero attached hydrogens (tertiary/aromatic N) is 1. The number of ether oxygens (including phenoxy) is 1. The Morgan fingerprint density at radius 2 is 1.50 bits per heavy atom. The molecule has 106 valence electrons. The molecule has 0 aliphatic heterocycles. The molecule has 0 heterocycles. The Labute approximate surface area is 107 Å². The Kier molecular flexibility index (Phi) is 7.34. The van der Waals surface area contributed by atoms with E-state index in [4.69, 9.17) is 10.00 Å². The van der Waals surface area contributed by atoms with E-state index >= 15 is 0 Å². The van der Waals surface area contributed by atoms with Gasteiger partial charge in [-0.15, -0.1) is 0 Å². The maximum Gasteiger partial charge on any atom is 0.264 e. The molecule has 0 radical (unpaired) electrons. The van der Waals surface area contributed by atoms with Gasteiger partial charge in [-0.25, -0.2) is 0 Å². The number of hydrogen-bond donors (Lipinski definition) is 0. The molecular weight excluding hydrogens is 286 g/mol. The first-order chi connectivity index (χ1) is 8.14. The molecule has 0 unspecified atom stereocenters. The molecule has 0 spiro atoms. The predicted molar refractivity (Wildman–Crippen MR) is 61.6 cm³/mol. The van der Waals surface area contributed by atoms with Gasteiger partial charge in [0.15, 0.2) is 0 Å². The van der Waals surface area contributed by atoms with Crippen molar-refractivity contribution in [3.8, 4) is 6.07 Å². The van der Waals surface area contributed by atoms with Crippen LogP contribution in [0, 0.1) is 11.3 Å². The zero-order chi connectivity index (χ0) is 14.2. The van der Waals surface area contributed by atoms with Gasteiger partial charge in [-0.1, -0.05) is 0 Å². The van der Waals surface area contributed by atoms with Crippen molar-refractivity contribution in [2.45, 2.75) is 12.5 Å². The highest BCUT2D eigenvalue weighted by atomic mass is 32.2. The van der Waals surface area contributed by atoms with E-state index in [0.717, 1.165) is 12.5 Å². The molecular formula is C8H15NO7S2. The minimum Gasteiger partial charge on any atom is -0.361 e. The van der Waals surface area contributed by atoms with Crippen molar-refractivity contribution in [2.24, 2.45) is 0 Å². The lowest BCUT2D eigenvalue weighted by Crippen LogP contribution is -2.18. The Morgan fingerprint density at radius 1 is 1.00 bits per heavy atom. The molecule has 0 amide bonds. The zero-order valence-corrected chi connectivity index (χ0v) is 11.7. The molecule has 0 saturated heterocycles. The van der Waals surface area contributed by atoms with Crippen LogP contribution in [-0.4, -0.2) is 55.3 Å². The predicted octanol–water partition coefficient (Wildman–Crippen LogP) is -0.762. The third-order valence-corrected chi connectivity index (χ3v) is 2.71. The summed E-state index contributed by atoms with van der Waals surface area (Å²) < 4.78 is 56.3. The van der Waals surface area contributed by atoms with Gasteiger partial charge in [-0.2, -0.15) is 22.1 Å². The summed E-state index contributed by atoms with van der Waals surface area (Å²) in [5.41, 5.74) is 0. The van der Waals surface area contributed by atoms with Gasteiger partial charge in [-0.3, -0.25) is 8.37 Å². The van der Waals surface area contributed by atoms with Crippen LogP contribution >= 0.6 is 0 Å². The van der Waals surface area contributed by atoms with Crippen LogP contribution < -0.4 is 0 Å². The average Bonchev–Trinajstić information content (AvgIpc) is 2.18. The van der Waals surface area contributed by atoms with E-state index < -0.39 is 26.3 Å². The van der Waals surface area contributed by atoms with Crippen LogP contribution in [-0.2, 0) is 33.3 Å². The van der Waals surface area contributed by atoms with Crippen molar-refractivity contribution in [1.29, 1.82) is 5.26 Å². The fourth-order valence-electron chi connectivity index (χ4n) is 0.867. The van der Waals surface area contributed by atoms with Crippen LogP contribution in [0.15, 0.2) is 0 Å². The van der Waals surface area contributed by atoms with E-state index in [2.05, 4.69) is 8.37 Å². The van der Waals surface area contributed by atoms with Crippen molar-refractivity contribution >= 4 is 20.2 Å². The summed E-state index contributed by atoms with van der Waals surface area (Å²) in [5.74, 6) is 0. The minimum absolute atomic E-state index is 0.0580. The summed E-state index contributed by atoms with van der Waals surface area (Å²) in [6.07, 6.45) is 0.974. The monoisotopic (exact) mass is 301 g/mol. The molecule has 0 saturated carbocycles. The third kappa shape index (κ3) is 11.7. The molecule has 10 heteroatoms. The van der Waals surface area contributed by atoms with Crippen molar-refractivity contribution in [3.63, 3.8) is 0 Å². The van der Waals surface area contributed by atoms with Gasteiger partial charge in [0.25, 0.3) is 20.2 Å². The maximum absolute atomic E-state index is 10.6. The topological polar surface area (TPSA) is 120 Å². The summed E-state index contributed by atoms with van der Waals surface area (Å²) >= 11 is 0. The van der Waals surface area contributed by atoms with E-state index in [-0.39, 0.29) is 26.2 Å². The van der Waals surface area contributed by atoms with Crippen LogP contribution in [0.4, 0.5) is 0 Å². The first-order valence-corrected chi connectivity index (χ1v) is 8.47. The molecule has 8 nitrogen and oxygen atoms in total. The lowest BCUT2D eigenvalue weighted by molar-refractivity contribution is 0.0544. The molecule has 0 bridgehead atoms. The van der Waals surface area contributed by atoms with Crippen molar-refractivity contribution in [1.82, 2.24) is 0 Å². The standard InChI is InChI=1S/C8H15NO7S2/c1-17(10,11)15-4-3-8(7-9)14-5-6-16-18(2,12)13/h8H,3-6H2,1-2H3/t8-/m0/s1. The molecule has 1 atom stereocenters. The number of rotatable bonds is 9. The highest BCUT2D eigenvalue weighted by Crippen LogP contribution is 2.00. The molecule has 0 fully saturated rings. The van der Waals surface area contributed by atoms with E-state index in [0.29, 0.717) is 0 Å². The maximum atomic E-state index is 10.6. The van der Waals surface area contributed by atoms with Crippen molar-refractivity contribution in [2.75, 3.05) is 32.3 Å². The largest absolute Gasteiger partial charge is 0.361 e. The first-order valence-electron chi connectivity index (χ1n) is 4.84. The molecule has 0 rings (SSSR count). The second-order valence-corrected chi connectivity index (χ2v) is 6.62. The molecule has 0 aliphatic rings. The quantitative estimate of drug-likeness (QED) is 0.402. The lowest BCUT2D eigenvalue weighted by Gasteiger charge is -2.10. The van der Waals surface area contributed by atoms with Gasteiger partial charge in [-0.05, 0) is 0 Å². The van der Waals surface area contributed by atoms with Gasteiger partial charge in [0.05, 0.1) is 38.4 Å². The minimum atomic E-state index is -3.54. The number of nitriles is 1. The van der Waals surface area contributed by atoms with E-state index in [1.54, 1.807) is 6.07 Å². The lowest BCUT2D eigenvalue weighted by atomic mass is 10.3. The fraction of sp³-hybridized carbons (Fsp3) is 0.875. The van der Waals surface area contributed by atoms with Gasteiger partial charge in [0.1, 0.15) is 6.10 Å². The van der Waals surface area contributed by atoms with Crippen LogP contribution in [0.25, 0.3) is 0 Å². The van der Waals surface area contributed by atoms with E-state index in [9.17, 15) is 16.8 Å². The summed E-state index contributed by atoms with van der Waals surface area (Å²) in [6.45, 7) is -0.474. The summed E-state index contributed by atoms with van der Waals surface area (Å²) in [7, 11) is -7.07. The fourth-order valence-corrected chi connectivity index (χ4v) is 1.64. The Hall–Kier alpha value is -0.730. The second-order valence-electron chi connectivity index (χ2n) is 3.33. The van der Waals surface area contributed by atoms with Crippen molar-refractivity contribution < 1.29 is 29.9 Å². The van der Waals surface area contributed by atoms with Crippen LogP contribution in [0.1, 0.15) is 6.42 Å². The SMILES string of the molecule is CS(=O)(=O)OCCO[C@H](C#N)CCOS(C)(=O)=O. The highest BCUT2D eigenvalue weighted by molar-refractivity contribution is 7.86. The van der Waals surface area contributed by atoms with Gasteiger partial charge in [0, 0.05) is 6.42 Å². The van der Waals surface area contributed by atoms with Crippen LogP contribution in [0.2, 0.25) is 0 Å². The van der Waals surface area contributed by atoms with Crippen LogP contribution in [0.5, 0.6) is 0 Å². The molecule has 0 aliphatic carbocycles. The second kappa shape index (κ2) is 7.65. The summed E-state index contributed by atoms with van der Waals surface area (Å²) in [5, 5.41) is 8.68. The van der Waals surface area contributed by atoms with E-state index in [1.807, 2.05) is 0 Å². The molecule has 0 N–H and O–H groups in total. The highest BCUT2D eigenvalue weighted by Gasteiger charge is 2.10. The van der Waals surface area contributed by atoms with E-state index in [1.165, 1.54) is 0 Å². The zero-order valence-electron chi connectivity index (χ0n) is 10.0. The van der Waals surface area contributed by atoms with Crippen LogP contribution in [0.3, 0.4) is 0 Å². The molecule has 0 aromatic heterocycles. The third-order valence-electron chi connectivity index (χ3n) is 1.52. The Morgan fingerprint density at radius 3 is 1.94 bits per heavy atom. The van der Waals surface area contributed by atoms with Crippen molar-refractivity contribution in [3.05, 3.63) is 0 Å². The van der Waals surface area contributed by atoms with Gasteiger partial charge in [0.2, 0.25) is 0 Å². The van der Waals surface area contributed by atoms with Gasteiger partial charge >= 0.3 is 0 Å². The molecule has 0 aromatic rings. The van der Waals surface area contributed by atoms with Gasteiger partial charge < -0.3 is 4.74 Å². The Balaban J connectivity index is 3.82. The first kappa shape index (κ1) is 17.3. The average molecular weight is 301 g/mol. The molecule has 18 heavy (non-hydrogen) atoms. The summed E-state index contributed by atoms with van der Waals surface area (Å²) in [4.78, 5) is 0. The molecule has 0 aromatic carbocycles. The smallest absolute Gasteiger partial charge is 0.264 e. The normalized spacial score (nSPS) is 14.1. The number of hydrogen-bond acceptors (Lipinski definition) is 8.